The molecule has 2 aliphatic carbocycles. The van der Waals surface area contributed by atoms with Gasteiger partial charge in [0.15, 0.2) is 5.79 Å². The van der Waals surface area contributed by atoms with Crippen molar-refractivity contribution in [1.29, 1.82) is 0 Å². The Morgan fingerprint density at radius 2 is 1.40 bits per heavy atom. The maximum absolute atomic E-state index is 6.32. The van der Waals surface area contributed by atoms with Crippen LogP contribution in [0.4, 0.5) is 0 Å². The lowest BCUT2D eigenvalue weighted by Gasteiger charge is -2.33. The number of benzene rings is 1. The number of hydrogen-bond donors (Lipinski definition) is 0. The Hall–Kier alpha value is -1.16. The van der Waals surface area contributed by atoms with Gasteiger partial charge >= 0.3 is 0 Å². The molecule has 0 aromatic heterocycles. The monoisotopic (exact) mass is 270 g/mol. The normalized spacial score (nSPS) is 44.9. The lowest BCUT2D eigenvalue weighted by molar-refractivity contribution is -0.240. The van der Waals surface area contributed by atoms with E-state index in [2.05, 4.69) is 36.4 Å². The summed E-state index contributed by atoms with van der Waals surface area (Å²) in [4.78, 5) is 0. The Morgan fingerprint density at radius 1 is 0.900 bits per heavy atom. The Balaban J connectivity index is 1.66. The minimum Gasteiger partial charge on any atom is -0.365 e. The molecule has 1 aromatic carbocycles. The van der Waals surface area contributed by atoms with Crippen molar-refractivity contribution < 1.29 is 14.2 Å². The van der Waals surface area contributed by atoms with E-state index in [0.717, 1.165) is 0 Å². The van der Waals surface area contributed by atoms with Gasteiger partial charge in [0.2, 0.25) is 0 Å². The number of rotatable bonds is 2. The molecule has 0 amide bonds. The molecule has 1 aromatic rings. The molecule has 3 heteroatoms. The number of ether oxygens (including phenoxy) is 3. The van der Waals surface area contributed by atoms with Crippen molar-refractivity contribution in [1.82, 2.24) is 0 Å². The van der Waals surface area contributed by atoms with Crippen molar-refractivity contribution in [2.45, 2.75) is 18.0 Å². The molecule has 2 aliphatic heterocycles. The van der Waals surface area contributed by atoms with Gasteiger partial charge in [-0.2, -0.15) is 0 Å². The molecule has 1 saturated carbocycles. The van der Waals surface area contributed by atoms with E-state index in [1.54, 1.807) is 14.2 Å². The molecule has 4 bridgehead atoms. The van der Waals surface area contributed by atoms with Crippen LogP contribution in [0.1, 0.15) is 23.3 Å². The lowest BCUT2D eigenvalue weighted by Crippen LogP contribution is -2.41. The minimum absolute atomic E-state index is 0.214. The van der Waals surface area contributed by atoms with Gasteiger partial charge in [-0.25, -0.2) is 0 Å². The molecule has 20 heavy (non-hydrogen) atoms. The highest BCUT2D eigenvalue weighted by atomic mass is 16.7. The summed E-state index contributed by atoms with van der Waals surface area (Å²) in [7, 11) is 3.54. The number of methoxy groups -OCH3 is 2. The van der Waals surface area contributed by atoms with Crippen LogP contribution in [0.2, 0.25) is 0 Å². The molecule has 0 N–H and O–H groups in total. The SMILES string of the molecule is COC1(OC)[C@@H]2C=C[C@H]1[C@@H]1[C@@H]2[C@H]2O[C@H]1c1ccccc12. The largest absolute Gasteiger partial charge is 0.365 e. The lowest BCUT2D eigenvalue weighted by atomic mass is 9.71. The standard InChI is InChI=1S/C17H18O3/c1-18-17(19-2)11-7-8-12(17)14-13(11)15-9-5-3-4-6-10(9)16(14)20-15/h3-8,11-16H,1-2H3/t11-,12+,13-,14-,15+,16+/m1/s1. The first-order chi connectivity index (χ1) is 9.81. The predicted octanol–water partition coefficient (Wildman–Crippen LogP) is 2.85. The van der Waals surface area contributed by atoms with E-state index in [-0.39, 0.29) is 12.2 Å². The van der Waals surface area contributed by atoms with Crippen LogP contribution in [-0.4, -0.2) is 20.0 Å². The summed E-state index contributed by atoms with van der Waals surface area (Å²) in [5.74, 6) is 1.11. The zero-order chi connectivity index (χ0) is 13.5. The molecule has 0 spiro atoms. The fraction of sp³-hybridized carbons (Fsp3) is 0.529. The zero-order valence-corrected chi connectivity index (χ0v) is 11.7. The van der Waals surface area contributed by atoms with Crippen molar-refractivity contribution in [3.05, 3.63) is 47.5 Å². The fourth-order valence-electron chi connectivity index (χ4n) is 5.34. The van der Waals surface area contributed by atoms with Crippen LogP contribution in [0.25, 0.3) is 0 Å². The van der Waals surface area contributed by atoms with Crippen molar-refractivity contribution >= 4 is 0 Å². The Morgan fingerprint density at radius 3 is 1.85 bits per heavy atom. The van der Waals surface area contributed by atoms with Gasteiger partial charge in [-0.3, -0.25) is 0 Å². The average Bonchev–Trinajstić information content (AvgIpc) is 3.22. The zero-order valence-electron chi connectivity index (χ0n) is 11.7. The Labute approximate surface area is 118 Å². The van der Waals surface area contributed by atoms with Crippen LogP contribution in [0, 0.1) is 23.7 Å². The summed E-state index contributed by atoms with van der Waals surface area (Å²) in [6, 6.07) is 8.65. The van der Waals surface area contributed by atoms with E-state index in [1.165, 1.54) is 11.1 Å². The average molecular weight is 270 g/mol. The molecular weight excluding hydrogens is 252 g/mol. The molecule has 2 fully saturated rings. The fourth-order valence-corrected chi connectivity index (χ4v) is 5.34. The van der Waals surface area contributed by atoms with Gasteiger partial charge in [0.05, 0.1) is 12.2 Å². The van der Waals surface area contributed by atoms with E-state index in [0.29, 0.717) is 23.7 Å². The summed E-state index contributed by atoms with van der Waals surface area (Å²) in [6.45, 7) is 0. The van der Waals surface area contributed by atoms with E-state index >= 15 is 0 Å². The first-order valence-electron chi connectivity index (χ1n) is 7.34. The summed E-state index contributed by atoms with van der Waals surface area (Å²) < 4.78 is 18.0. The Kier molecular flexibility index (Phi) is 2.03. The molecule has 1 saturated heterocycles. The van der Waals surface area contributed by atoms with Crippen molar-refractivity contribution in [2.75, 3.05) is 14.2 Å². The van der Waals surface area contributed by atoms with Crippen molar-refractivity contribution in [3.8, 4) is 0 Å². The molecule has 104 valence electrons. The minimum atomic E-state index is -0.475. The summed E-state index contributed by atoms with van der Waals surface area (Å²) in [6.07, 6.45) is 4.99. The number of fused-ring (bicyclic) bond motifs is 12. The second-order valence-electron chi connectivity index (χ2n) is 6.33. The Bertz CT molecular complexity index is 557. The third kappa shape index (κ3) is 1.01. The van der Waals surface area contributed by atoms with Crippen LogP contribution in [-0.2, 0) is 14.2 Å². The third-order valence-electron chi connectivity index (χ3n) is 5.97. The van der Waals surface area contributed by atoms with Crippen LogP contribution < -0.4 is 0 Å². The van der Waals surface area contributed by atoms with Crippen molar-refractivity contribution in [3.63, 3.8) is 0 Å². The highest BCUT2D eigenvalue weighted by Crippen LogP contribution is 2.71. The van der Waals surface area contributed by atoms with Gasteiger partial charge in [-0.05, 0) is 11.1 Å². The second kappa shape index (κ2) is 3.53. The molecule has 4 aliphatic rings. The van der Waals surface area contributed by atoms with Gasteiger partial charge in [-0.1, -0.05) is 36.4 Å². The van der Waals surface area contributed by atoms with Gasteiger partial charge in [-0.15, -0.1) is 0 Å². The molecule has 2 heterocycles. The van der Waals surface area contributed by atoms with Gasteiger partial charge in [0.25, 0.3) is 0 Å². The van der Waals surface area contributed by atoms with E-state index in [9.17, 15) is 0 Å². The highest BCUT2D eigenvalue weighted by Gasteiger charge is 2.71. The molecular formula is C17H18O3. The maximum atomic E-state index is 6.32. The van der Waals surface area contributed by atoms with Crippen molar-refractivity contribution in [2.24, 2.45) is 23.7 Å². The molecule has 0 radical (unpaired) electrons. The van der Waals surface area contributed by atoms with Crippen LogP contribution >= 0.6 is 0 Å². The number of hydrogen-bond acceptors (Lipinski definition) is 3. The first-order valence-corrected chi connectivity index (χ1v) is 7.34. The van der Waals surface area contributed by atoms with Crippen LogP contribution in [0.3, 0.4) is 0 Å². The van der Waals surface area contributed by atoms with E-state index in [4.69, 9.17) is 14.2 Å². The van der Waals surface area contributed by atoms with E-state index in [1.807, 2.05) is 0 Å². The predicted molar refractivity (Wildman–Crippen MR) is 72.9 cm³/mol. The van der Waals surface area contributed by atoms with Gasteiger partial charge in [0.1, 0.15) is 0 Å². The first kappa shape index (κ1) is 11.5. The van der Waals surface area contributed by atoms with Gasteiger partial charge < -0.3 is 14.2 Å². The summed E-state index contributed by atoms with van der Waals surface area (Å²) in [5, 5.41) is 0. The van der Waals surface area contributed by atoms with Crippen LogP contribution in [0.15, 0.2) is 36.4 Å². The smallest absolute Gasteiger partial charge is 0.180 e. The molecule has 0 unspecified atom stereocenters. The highest BCUT2D eigenvalue weighted by molar-refractivity contribution is 5.43. The molecule has 6 atom stereocenters. The third-order valence-corrected chi connectivity index (χ3v) is 5.97. The topological polar surface area (TPSA) is 27.7 Å². The van der Waals surface area contributed by atoms with Gasteiger partial charge in [0, 0.05) is 37.9 Å². The second-order valence-corrected chi connectivity index (χ2v) is 6.33. The molecule has 5 rings (SSSR count). The quantitative estimate of drug-likeness (QED) is 0.611. The van der Waals surface area contributed by atoms with Crippen LogP contribution in [0.5, 0.6) is 0 Å². The van der Waals surface area contributed by atoms with E-state index < -0.39 is 5.79 Å². The maximum Gasteiger partial charge on any atom is 0.180 e. The molecule has 3 nitrogen and oxygen atoms in total. The summed E-state index contributed by atoms with van der Waals surface area (Å²) >= 11 is 0. The summed E-state index contributed by atoms with van der Waals surface area (Å²) in [5.41, 5.74) is 2.75.